The monoisotopic (exact) mass is 388 g/mol. The number of non-ortho nitro benzene ring substituents is 1. The number of anilines is 1. The maximum Gasteiger partial charge on any atom is 0.271 e. The van der Waals surface area contributed by atoms with Crippen molar-refractivity contribution in [1.82, 2.24) is 0 Å². The van der Waals surface area contributed by atoms with E-state index in [9.17, 15) is 14.9 Å². The first-order valence-electron chi connectivity index (χ1n) is 6.70. The SMILES string of the molecule is CCOc1c(Cl)cc(Cl)cc1C(=O)Nc1cc([N+](=O)[O-])ccc1Cl. The van der Waals surface area contributed by atoms with E-state index in [2.05, 4.69) is 5.32 Å². The number of rotatable bonds is 5. The Balaban J connectivity index is 2.40. The van der Waals surface area contributed by atoms with Crippen LogP contribution in [0.25, 0.3) is 0 Å². The average molecular weight is 390 g/mol. The first-order chi connectivity index (χ1) is 11.3. The van der Waals surface area contributed by atoms with Gasteiger partial charge in [-0.2, -0.15) is 0 Å². The summed E-state index contributed by atoms with van der Waals surface area (Å²) < 4.78 is 5.38. The van der Waals surface area contributed by atoms with Gasteiger partial charge in [-0.1, -0.05) is 34.8 Å². The Morgan fingerprint density at radius 1 is 1.21 bits per heavy atom. The third-order valence-corrected chi connectivity index (χ3v) is 3.78. The normalized spacial score (nSPS) is 10.3. The summed E-state index contributed by atoms with van der Waals surface area (Å²) >= 11 is 18.0. The molecule has 2 aromatic rings. The Morgan fingerprint density at radius 2 is 1.92 bits per heavy atom. The molecule has 0 saturated carbocycles. The topological polar surface area (TPSA) is 81.5 Å². The number of halogens is 3. The molecule has 0 radical (unpaired) electrons. The number of amides is 1. The zero-order chi connectivity index (χ0) is 17.9. The standard InChI is InChI=1S/C15H11Cl3N2O4/c1-2-24-14-10(5-8(16)6-12(14)18)15(21)19-13-7-9(20(22)23)3-4-11(13)17/h3-7H,2H2,1H3,(H,19,21). The van der Waals surface area contributed by atoms with Gasteiger partial charge in [-0.05, 0) is 25.1 Å². The number of carbonyl (C=O) groups excluding carboxylic acids is 1. The van der Waals surface area contributed by atoms with E-state index >= 15 is 0 Å². The lowest BCUT2D eigenvalue weighted by Crippen LogP contribution is -2.14. The van der Waals surface area contributed by atoms with Gasteiger partial charge in [-0.15, -0.1) is 0 Å². The number of ether oxygens (including phenoxy) is 1. The van der Waals surface area contributed by atoms with Gasteiger partial charge in [-0.25, -0.2) is 0 Å². The quantitative estimate of drug-likeness (QED) is 0.562. The highest BCUT2D eigenvalue weighted by molar-refractivity contribution is 6.37. The van der Waals surface area contributed by atoms with Crippen molar-refractivity contribution in [3.05, 3.63) is 61.1 Å². The molecule has 0 heterocycles. The van der Waals surface area contributed by atoms with E-state index < -0.39 is 10.8 Å². The summed E-state index contributed by atoms with van der Waals surface area (Å²) in [5.41, 5.74) is -0.0183. The predicted molar refractivity (Wildman–Crippen MR) is 93.7 cm³/mol. The van der Waals surface area contributed by atoms with Crippen molar-refractivity contribution in [1.29, 1.82) is 0 Å². The molecule has 2 aromatic carbocycles. The summed E-state index contributed by atoms with van der Waals surface area (Å²) in [7, 11) is 0. The van der Waals surface area contributed by atoms with Crippen LogP contribution in [0.1, 0.15) is 17.3 Å². The van der Waals surface area contributed by atoms with Gasteiger partial charge < -0.3 is 10.1 Å². The van der Waals surface area contributed by atoms with Gasteiger partial charge in [0.15, 0.2) is 5.75 Å². The van der Waals surface area contributed by atoms with Crippen LogP contribution < -0.4 is 10.1 Å². The van der Waals surface area contributed by atoms with Crippen LogP contribution in [0.15, 0.2) is 30.3 Å². The molecule has 0 aliphatic rings. The highest BCUT2D eigenvalue weighted by atomic mass is 35.5. The van der Waals surface area contributed by atoms with Gasteiger partial charge in [-0.3, -0.25) is 14.9 Å². The van der Waals surface area contributed by atoms with Crippen LogP contribution in [-0.4, -0.2) is 17.4 Å². The fourth-order valence-corrected chi connectivity index (χ4v) is 2.65. The van der Waals surface area contributed by atoms with E-state index in [-0.39, 0.29) is 37.8 Å². The highest BCUT2D eigenvalue weighted by Crippen LogP contribution is 2.34. The number of nitrogens with zero attached hydrogens (tertiary/aromatic N) is 1. The minimum Gasteiger partial charge on any atom is -0.491 e. The molecule has 0 aliphatic carbocycles. The Morgan fingerprint density at radius 3 is 2.54 bits per heavy atom. The summed E-state index contributed by atoms with van der Waals surface area (Å²) in [6.45, 7) is 2.03. The molecule has 0 unspecified atom stereocenters. The van der Waals surface area contributed by atoms with Crippen LogP contribution in [0.3, 0.4) is 0 Å². The third-order valence-electron chi connectivity index (χ3n) is 2.95. The average Bonchev–Trinajstić information content (AvgIpc) is 2.51. The van der Waals surface area contributed by atoms with Gasteiger partial charge in [0, 0.05) is 17.2 Å². The molecule has 0 bridgehead atoms. The van der Waals surface area contributed by atoms with Crippen molar-refractivity contribution in [3.63, 3.8) is 0 Å². The molecule has 1 N–H and O–H groups in total. The second-order valence-corrected chi connectivity index (χ2v) is 5.82. The zero-order valence-electron chi connectivity index (χ0n) is 12.3. The molecule has 126 valence electrons. The number of nitro groups is 1. The molecule has 9 heteroatoms. The molecule has 2 rings (SSSR count). The van der Waals surface area contributed by atoms with Gasteiger partial charge in [0.05, 0.1) is 32.8 Å². The minimum absolute atomic E-state index is 0.0920. The van der Waals surface area contributed by atoms with Crippen LogP contribution in [0.5, 0.6) is 5.75 Å². The zero-order valence-corrected chi connectivity index (χ0v) is 14.6. The van der Waals surface area contributed by atoms with Crippen molar-refractivity contribution < 1.29 is 14.5 Å². The second-order valence-electron chi connectivity index (χ2n) is 4.57. The molecule has 0 aliphatic heterocycles. The summed E-state index contributed by atoms with van der Waals surface area (Å²) in [6, 6.07) is 6.56. The molecule has 0 saturated heterocycles. The molecule has 1 amide bonds. The number of nitrogens with one attached hydrogen (secondary N) is 1. The van der Waals surface area contributed by atoms with Crippen LogP contribution in [0.4, 0.5) is 11.4 Å². The van der Waals surface area contributed by atoms with E-state index in [1.807, 2.05) is 0 Å². The molecule has 0 atom stereocenters. The van der Waals surface area contributed by atoms with E-state index in [4.69, 9.17) is 39.5 Å². The van der Waals surface area contributed by atoms with Crippen molar-refractivity contribution in [2.45, 2.75) is 6.92 Å². The third kappa shape index (κ3) is 4.08. The molecule has 0 aromatic heterocycles. The molecule has 6 nitrogen and oxygen atoms in total. The smallest absolute Gasteiger partial charge is 0.271 e. The maximum atomic E-state index is 12.5. The summed E-state index contributed by atoms with van der Waals surface area (Å²) in [5.74, 6) is -0.437. The number of carbonyl (C=O) groups is 1. The van der Waals surface area contributed by atoms with Crippen LogP contribution in [0, 0.1) is 10.1 Å². The molecule has 0 spiro atoms. The largest absolute Gasteiger partial charge is 0.491 e. The van der Waals surface area contributed by atoms with Crippen molar-refractivity contribution in [2.24, 2.45) is 0 Å². The van der Waals surface area contributed by atoms with Gasteiger partial charge in [0.1, 0.15) is 0 Å². The van der Waals surface area contributed by atoms with Crippen molar-refractivity contribution in [2.75, 3.05) is 11.9 Å². The summed E-state index contributed by atoms with van der Waals surface area (Å²) in [4.78, 5) is 22.8. The first-order valence-corrected chi connectivity index (χ1v) is 7.84. The van der Waals surface area contributed by atoms with Gasteiger partial charge in [0.2, 0.25) is 0 Å². The number of benzene rings is 2. The lowest BCUT2D eigenvalue weighted by Gasteiger charge is -2.13. The molecular formula is C15H11Cl3N2O4. The Kier molecular flexibility index (Phi) is 5.88. The predicted octanol–water partition coefficient (Wildman–Crippen LogP) is 5.21. The van der Waals surface area contributed by atoms with E-state index in [0.717, 1.165) is 6.07 Å². The second kappa shape index (κ2) is 7.70. The molecule has 24 heavy (non-hydrogen) atoms. The maximum absolute atomic E-state index is 12.5. The van der Waals surface area contributed by atoms with Crippen LogP contribution in [0.2, 0.25) is 15.1 Å². The number of nitro benzene ring substituents is 1. The van der Waals surface area contributed by atoms with E-state index in [0.29, 0.717) is 6.61 Å². The lowest BCUT2D eigenvalue weighted by molar-refractivity contribution is -0.384. The van der Waals surface area contributed by atoms with E-state index in [1.54, 1.807) is 6.92 Å². The Bertz CT molecular complexity index is 812. The number of hydrogen-bond acceptors (Lipinski definition) is 4. The highest BCUT2D eigenvalue weighted by Gasteiger charge is 2.19. The van der Waals surface area contributed by atoms with Crippen LogP contribution in [-0.2, 0) is 0 Å². The fourth-order valence-electron chi connectivity index (χ4n) is 1.93. The summed E-state index contributed by atoms with van der Waals surface area (Å²) in [6.07, 6.45) is 0. The van der Waals surface area contributed by atoms with E-state index in [1.165, 1.54) is 24.3 Å². The van der Waals surface area contributed by atoms with Gasteiger partial charge in [0.25, 0.3) is 11.6 Å². The molecular weight excluding hydrogens is 379 g/mol. The Hall–Kier alpha value is -2.02. The van der Waals surface area contributed by atoms with Crippen LogP contribution >= 0.6 is 34.8 Å². The summed E-state index contributed by atoms with van der Waals surface area (Å²) in [5, 5.41) is 13.9. The fraction of sp³-hybridized carbons (Fsp3) is 0.133. The van der Waals surface area contributed by atoms with Gasteiger partial charge >= 0.3 is 0 Å². The van der Waals surface area contributed by atoms with Crippen molar-refractivity contribution >= 4 is 52.1 Å². The lowest BCUT2D eigenvalue weighted by atomic mass is 10.1. The minimum atomic E-state index is -0.606. The molecule has 0 fully saturated rings. The van der Waals surface area contributed by atoms with Crippen molar-refractivity contribution in [3.8, 4) is 5.75 Å². The first kappa shape index (κ1) is 18.3. The Labute approximate surface area is 152 Å². The number of hydrogen-bond donors (Lipinski definition) is 1.